The summed E-state index contributed by atoms with van der Waals surface area (Å²) in [6, 6.07) is 3.38. The molecule has 0 spiro atoms. The van der Waals surface area contributed by atoms with Gasteiger partial charge in [0, 0.05) is 5.92 Å². The maximum absolute atomic E-state index is 12.1. The maximum Gasteiger partial charge on any atom is 0.348 e. The van der Waals surface area contributed by atoms with Crippen LogP contribution in [0, 0.1) is 5.92 Å². The van der Waals surface area contributed by atoms with Crippen LogP contribution in [0.2, 0.25) is 0 Å². The molecule has 0 saturated carbocycles. The van der Waals surface area contributed by atoms with Gasteiger partial charge in [-0.3, -0.25) is 4.79 Å². The molecule has 0 bridgehead atoms. The lowest BCUT2D eigenvalue weighted by Gasteiger charge is -2.08. The molecule has 0 aromatic carbocycles. The first-order valence-corrected chi connectivity index (χ1v) is 6.76. The van der Waals surface area contributed by atoms with E-state index in [4.69, 9.17) is 4.74 Å². The lowest BCUT2D eigenvalue weighted by atomic mass is 9.97. The predicted octanol–water partition coefficient (Wildman–Crippen LogP) is 3.54. The zero-order chi connectivity index (χ0) is 12.8. The summed E-state index contributed by atoms with van der Waals surface area (Å²) in [5.41, 5.74) is 0. The van der Waals surface area contributed by atoms with Crippen LogP contribution in [0.15, 0.2) is 12.1 Å². The SMILES string of the molecule is CCOC(=O)c1ccc(C(=O)C(CC)CC)s1. The molecule has 0 amide bonds. The van der Waals surface area contributed by atoms with Crippen molar-refractivity contribution < 1.29 is 14.3 Å². The molecule has 0 aliphatic heterocycles. The molecule has 0 aliphatic rings. The number of carbonyl (C=O) groups excluding carboxylic acids is 2. The van der Waals surface area contributed by atoms with Gasteiger partial charge in [0.2, 0.25) is 0 Å². The largest absolute Gasteiger partial charge is 0.462 e. The summed E-state index contributed by atoms with van der Waals surface area (Å²) in [7, 11) is 0. The van der Waals surface area contributed by atoms with Crippen LogP contribution in [0.4, 0.5) is 0 Å². The second kappa shape index (κ2) is 6.55. The van der Waals surface area contributed by atoms with E-state index in [9.17, 15) is 9.59 Å². The van der Waals surface area contributed by atoms with Crippen molar-refractivity contribution in [1.82, 2.24) is 0 Å². The molecule has 1 aromatic heterocycles. The molecule has 17 heavy (non-hydrogen) atoms. The highest BCUT2D eigenvalue weighted by molar-refractivity contribution is 7.15. The van der Waals surface area contributed by atoms with E-state index in [0.717, 1.165) is 12.8 Å². The average molecular weight is 254 g/mol. The number of thiophene rings is 1. The molecule has 0 saturated heterocycles. The van der Waals surface area contributed by atoms with Crippen molar-refractivity contribution in [3.05, 3.63) is 21.9 Å². The van der Waals surface area contributed by atoms with Crippen molar-refractivity contribution in [2.24, 2.45) is 5.92 Å². The van der Waals surface area contributed by atoms with Crippen LogP contribution in [-0.2, 0) is 4.74 Å². The topological polar surface area (TPSA) is 43.4 Å². The van der Waals surface area contributed by atoms with Crippen LogP contribution in [0.3, 0.4) is 0 Å². The summed E-state index contributed by atoms with van der Waals surface area (Å²) in [6.45, 7) is 6.13. The molecule has 0 atom stereocenters. The number of hydrogen-bond acceptors (Lipinski definition) is 4. The highest BCUT2D eigenvalue weighted by atomic mass is 32.1. The molecule has 1 aromatic rings. The standard InChI is InChI=1S/C13H18O3S/c1-4-9(5-2)12(14)10-7-8-11(17-10)13(15)16-6-3/h7-9H,4-6H2,1-3H3. The van der Waals surface area contributed by atoms with Crippen LogP contribution in [0.25, 0.3) is 0 Å². The van der Waals surface area contributed by atoms with E-state index < -0.39 is 0 Å². The monoisotopic (exact) mass is 254 g/mol. The summed E-state index contributed by atoms with van der Waals surface area (Å²) < 4.78 is 4.89. The van der Waals surface area contributed by atoms with Crippen LogP contribution in [0.1, 0.15) is 53.0 Å². The molecule has 3 nitrogen and oxygen atoms in total. The number of Topliss-reactive ketones (excluding diaryl/α,β-unsaturated/α-hetero) is 1. The molecule has 1 heterocycles. The summed E-state index contributed by atoms with van der Waals surface area (Å²) in [5, 5.41) is 0. The zero-order valence-electron chi connectivity index (χ0n) is 10.5. The van der Waals surface area contributed by atoms with Crippen molar-refractivity contribution >= 4 is 23.1 Å². The van der Waals surface area contributed by atoms with Crippen LogP contribution < -0.4 is 0 Å². The number of rotatable bonds is 6. The zero-order valence-corrected chi connectivity index (χ0v) is 11.3. The third-order valence-corrected chi connectivity index (χ3v) is 3.76. The molecular formula is C13H18O3S. The van der Waals surface area contributed by atoms with Gasteiger partial charge in [0.1, 0.15) is 4.88 Å². The lowest BCUT2D eigenvalue weighted by Crippen LogP contribution is -2.11. The summed E-state index contributed by atoms with van der Waals surface area (Å²) in [5.74, 6) is -0.152. The molecule has 0 unspecified atom stereocenters. The Kier molecular flexibility index (Phi) is 5.35. The fourth-order valence-electron chi connectivity index (χ4n) is 1.64. The second-order valence-corrected chi connectivity index (χ2v) is 4.85. The first-order valence-electron chi connectivity index (χ1n) is 5.95. The Hall–Kier alpha value is -1.16. The minimum atomic E-state index is -0.346. The number of esters is 1. The van der Waals surface area contributed by atoms with Gasteiger partial charge in [-0.1, -0.05) is 13.8 Å². The molecule has 0 N–H and O–H groups in total. The quantitative estimate of drug-likeness (QED) is 0.576. The predicted molar refractivity (Wildman–Crippen MR) is 68.7 cm³/mol. The van der Waals surface area contributed by atoms with Gasteiger partial charge in [0.25, 0.3) is 0 Å². The van der Waals surface area contributed by atoms with Crippen molar-refractivity contribution in [1.29, 1.82) is 0 Å². The van der Waals surface area contributed by atoms with Crippen molar-refractivity contribution in [3.63, 3.8) is 0 Å². The fraction of sp³-hybridized carbons (Fsp3) is 0.538. The smallest absolute Gasteiger partial charge is 0.348 e. The number of ether oxygens (including phenoxy) is 1. The van der Waals surface area contributed by atoms with E-state index in [1.54, 1.807) is 19.1 Å². The third kappa shape index (κ3) is 3.40. The first kappa shape index (κ1) is 13.9. The Bertz CT molecular complexity index is 391. The van der Waals surface area contributed by atoms with E-state index in [1.165, 1.54) is 11.3 Å². The second-order valence-electron chi connectivity index (χ2n) is 3.76. The minimum absolute atomic E-state index is 0.0590. The van der Waals surface area contributed by atoms with Gasteiger partial charge in [-0.2, -0.15) is 0 Å². The average Bonchev–Trinajstić information content (AvgIpc) is 2.80. The Morgan fingerprint density at radius 2 is 1.76 bits per heavy atom. The van der Waals surface area contributed by atoms with E-state index in [2.05, 4.69) is 0 Å². The number of hydrogen-bond donors (Lipinski definition) is 0. The maximum atomic E-state index is 12.1. The molecule has 94 valence electrons. The highest BCUT2D eigenvalue weighted by Crippen LogP contribution is 2.23. The Morgan fingerprint density at radius 3 is 2.29 bits per heavy atom. The van der Waals surface area contributed by atoms with E-state index in [1.807, 2.05) is 13.8 Å². The Labute approximate surface area is 106 Å². The van der Waals surface area contributed by atoms with E-state index in [-0.39, 0.29) is 17.7 Å². The van der Waals surface area contributed by atoms with Crippen LogP contribution >= 0.6 is 11.3 Å². The van der Waals surface area contributed by atoms with Crippen molar-refractivity contribution in [2.75, 3.05) is 6.61 Å². The molecule has 1 rings (SSSR count). The van der Waals surface area contributed by atoms with Crippen LogP contribution in [-0.4, -0.2) is 18.4 Å². The van der Waals surface area contributed by atoms with Gasteiger partial charge in [-0.15, -0.1) is 11.3 Å². The van der Waals surface area contributed by atoms with Crippen molar-refractivity contribution in [2.45, 2.75) is 33.6 Å². The summed E-state index contributed by atoms with van der Waals surface area (Å²) >= 11 is 1.22. The van der Waals surface area contributed by atoms with Gasteiger partial charge in [0.15, 0.2) is 5.78 Å². The van der Waals surface area contributed by atoms with Crippen LogP contribution in [0.5, 0.6) is 0 Å². The van der Waals surface area contributed by atoms with Gasteiger partial charge in [-0.05, 0) is 31.9 Å². The van der Waals surface area contributed by atoms with Gasteiger partial charge >= 0.3 is 5.97 Å². The first-order chi connectivity index (χ1) is 8.13. The Balaban J connectivity index is 2.80. The van der Waals surface area contributed by atoms with E-state index in [0.29, 0.717) is 16.4 Å². The lowest BCUT2D eigenvalue weighted by molar-refractivity contribution is 0.0532. The fourth-order valence-corrected chi connectivity index (χ4v) is 2.56. The number of ketones is 1. The van der Waals surface area contributed by atoms with E-state index >= 15 is 0 Å². The van der Waals surface area contributed by atoms with Gasteiger partial charge < -0.3 is 4.74 Å². The summed E-state index contributed by atoms with van der Waals surface area (Å²) in [4.78, 5) is 24.7. The molecule has 4 heteroatoms. The van der Waals surface area contributed by atoms with Gasteiger partial charge in [-0.25, -0.2) is 4.79 Å². The summed E-state index contributed by atoms with van der Waals surface area (Å²) in [6.07, 6.45) is 1.67. The third-order valence-electron chi connectivity index (χ3n) is 2.68. The Morgan fingerprint density at radius 1 is 1.18 bits per heavy atom. The normalized spacial score (nSPS) is 10.6. The molecular weight excluding hydrogens is 236 g/mol. The number of carbonyl (C=O) groups is 2. The molecule has 0 fully saturated rings. The highest BCUT2D eigenvalue weighted by Gasteiger charge is 2.20. The minimum Gasteiger partial charge on any atom is -0.462 e. The molecule has 0 radical (unpaired) electrons. The van der Waals surface area contributed by atoms with Gasteiger partial charge in [0.05, 0.1) is 11.5 Å². The van der Waals surface area contributed by atoms with Crippen molar-refractivity contribution in [3.8, 4) is 0 Å². The molecule has 0 aliphatic carbocycles.